The zero-order valence-corrected chi connectivity index (χ0v) is 8.46. The lowest BCUT2D eigenvalue weighted by molar-refractivity contribution is 0.0680. The maximum Gasteiger partial charge on any atom is 0.377 e. The van der Waals surface area contributed by atoms with Crippen molar-refractivity contribution in [2.24, 2.45) is 0 Å². The van der Waals surface area contributed by atoms with Gasteiger partial charge in [-0.3, -0.25) is 0 Å². The van der Waals surface area contributed by atoms with Gasteiger partial charge in [-0.2, -0.15) is 4.98 Å². The Labute approximate surface area is 91.7 Å². The van der Waals surface area contributed by atoms with Crippen molar-refractivity contribution in [3.63, 3.8) is 0 Å². The Kier molecular flexibility index (Phi) is 2.95. The van der Waals surface area contributed by atoms with Crippen LogP contribution in [0.3, 0.4) is 0 Å². The number of benzene rings is 1. The number of carbonyl (C=O) groups is 1. The monoisotopic (exact) mass is 218 g/mol. The summed E-state index contributed by atoms with van der Waals surface area (Å²) in [5, 5.41) is 11.9. The summed E-state index contributed by atoms with van der Waals surface area (Å²) in [6.45, 7) is 0. The summed E-state index contributed by atoms with van der Waals surface area (Å²) in [5.41, 5.74) is 1.15. The fourth-order valence-electron chi connectivity index (χ4n) is 1.34. The van der Waals surface area contributed by atoms with E-state index in [1.165, 1.54) is 0 Å². The van der Waals surface area contributed by atoms with Crippen LogP contribution in [0.5, 0.6) is 0 Å². The fraction of sp³-hybridized carbons (Fsp3) is 0.182. The Morgan fingerprint density at radius 3 is 2.62 bits per heavy atom. The second kappa shape index (κ2) is 4.57. The van der Waals surface area contributed by atoms with Gasteiger partial charge in [0.15, 0.2) is 0 Å². The molecule has 16 heavy (non-hydrogen) atoms. The highest BCUT2D eigenvalue weighted by Gasteiger charge is 2.12. The number of aromatic nitrogens is 2. The Bertz CT molecular complexity index is 479. The summed E-state index contributed by atoms with van der Waals surface area (Å²) < 4.78 is 4.81. The van der Waals surface area contributed by atoms with Gasteiger partial charge in [0.2, 0.25) is 5.89 Å². The molecule has 0 aliphatic heterocycles. The van der Waals surface area contributed by atoms with Crippen LogP contribution in [-0.4, -0.2) is 21.2 Å². The van der Waals surface area contributed by atoms with Crippen LogP contribution >= 0.6 is 0 Å². The molecule has 0 amide bonds. The molecular weight excluding hydrogens is 208 g/mol. The maximum atomic E-state index is 10.5. The lowest BCUT2D eigenvalue weighted by Gasteiger charge is -1.96. The molecule has 0 bridgehead atoms. The molecule has 2 rings (SSSR count). The number of carboxylic acids is 1. The van der Waals surface area contributed by atoms with Crippen molar-refractivity contribution in [2.45, 2.75) is 12.8 Å². The standard InChI is InChI=1S/C11H10N2O3/c14-11(15)10-12-9(16-13-10)7-6-8-4-2-1-3-5-8/h1-5H,6-7H2,(H,14,15). The molecule has 0 saturated carbocycles. The van der Waals surface area contributed by atoms with Gasteiger partial charge < -0.3 is 9.63 Å². The summed E-state index contributed by atoms with van der Waals surface area (Å²) in [5.74, 6) is -1.11. The third-order valence-electron chi connectivity index (χ3n) is 2.13. The number of rotatable bonds is 4. The second-order valence-corrected chi connectivity index (χ2v) is 3.30. The lowest BCUT2D eigenvalue weighted by atomic mass is 10.1. The first-order valence-corrected chi connectivity index (χ1v) is 4.85. The minimum atomic E-state index is -1.17. The zero-order valence-electron chi connectivity index (χ0n) is 8.46. The molecule has 5 nitrogen and oxygen atoms in total. The highest BCUT2D eigenvalue weighted by atomic mass is 16.5. The maximum absolute atomic E-state index is 10.5. The van der Waals surface area contributed by atoms with Crippen LogP contribution < -0.4 is 0 Å². The van der Waals surface area contributed by atoms with Crippen LogP contribution in [0.15, 0.2) is 34.9 Å². The van der Waals surface area contributed by atoms with E-state index in [0.717, 1.165) is 12.0 Å². The van der Waals surface area contributed by atoms with Crippen LogP contribution in [0.1, 0.15) is 22.1 Å². The first-order chi connectivity index (χ1) is 7.75. The molecule has 82 valence electrons. The van der Waals surface area contributed by atoms with E-state index in [-0.39, 0.29) is 5.82 Å². The largest absolute Gasteiger partial charge is 0.475 e. The van der Waals surface area contributed by atoms with Gasteiger partial charge in [-0.25, -0.2) is 4.79 Å². The van der Waals surface area contributed by atoms with Crippen LogP contribution in [0.25, 0.3) is 0 Å². The minimum absolute atomic E-state index is 0.289. The third kappa shape index (κ3) is 2.44. The van der Waals surface area contributed by atoms with Crippen LogP contribution in [0.2, 0.25) is 0 Å². The van der Waals surface area contributed by atoms with Crippen molar-refractivity contribution in [2.75, 3.05) is 0 Å². The summed E-state index contributed by atoms with van der Waals surface area (Å²) in [7, 11) is 0. The third-order valence-corrected chi connectivity index (χ3v) is 2.13. The van der Waals surface area contributed by atoms with E-state index >= 15 is 0 Å². The average Bonchev–Trinajstić information content (AvgIpc) is 2.76. The molecule has 0 atom stereocenters. The molecule has 1 heterocycles. The molecule has 0 aliphatic rings. The van der Waals surface area contributed by atoms with Crippen molar-refractivity contribution >= 4 is 5.97 Å². The zero-order chi connectivity index (χ0) is 11.4. The van der Waals surface area contributed by atoms with Crippen molar-refractivity contribution in [3.05, 3.63) is 47.6 Å². The van der Waals surface area contributed by atoms with E-state index in [0.29, 0.717) is 12.3 Å². The van der Waals surface area contributed by atoms with Crippen molar-refractivity contribution in [1.82, 2.24) is 10.1 Å². The van der Waals surface area contributed by atoms with Gasteiger partial charge in [0.25, 0.3) is 5.82 Å². The van der Waals surface area contributed by atoms with E-state index in [4.69, 9.17) is 9.63 Å². The highest BCUT2D eigenvalue weighted by Crippen LogP contribution is 2.05. The van der Waals surface area contributed by atoms with Crippen LogP contribution in [0.4, 0.5) is 0 Å². The summed E-state index contributed by atoms with van der Waals surface area (Å²) >= 11 is 0. The number of carboxylic acid groups (broad SMARTS) is 1. The van der Waals surface area contributed by atoms with Gasteiger partial charge in [-0.15, -0.1) is 0 Å². The molecule has 5 heteroatoms. The summed E-state index contributed by atoms with van der Waals surface area (Å²) in [6, 6.07) is 9.83. The van der Waals surface area contributed by atoms with Crippen molar-refractivity contribution < 1.29 is 14.4 Å². The Hall–Kier alpha value is -2.17. The predicted molar refractivity (Wildman–Crippen MR) is 55.1 cm³/mol. The molecule has 2 aromatic rings. The number of aryl methyl sites for hydroxylation is 2. The van der Waals surface area contributed by atoms with E-state index in [9.17, 15) is 4.79 Å². The molecule has 0 spiro atoms. The molecule has 0 aliphatic carbocycles. The second-order valence-electron chi connectivity index (χ2n) is 3.30. The Morgan fingerprint density at radius 1 is 1.25 bits per heavy atom. The molecule has 0 saturated heterocycles. The Morgan fingerprint density at radius 2 is 2.00 bits per heavy atom. The van der Waals surface area contributed by atoms with Gasteiger partial charge >= 0.3 is 5.97 Å². The van der Waals surface area contributed by atoms with E-state index < -0.39 is 5.97 Å². The van der Waals surface area contributed by atoms with E-state index in [1.54, 1.807) is 0 Å². The number of nitrogens with zero attached hydrogens (tertiary/aromatic N) is 2. The number of aromatic carboxylic acids is 1. The van der Waals surface area contributed by atoms with Crippen LogP contribution in [-0.2, 0) is 12.8 Å². The van der Waals surface area contributed by atoms with Gasteiger partial charge in [0, 0.05) is 6.42 Å². The molecular formula is C11H10N2O3. The van der Waals surface area contributed by atoms with Crippen LogP contribution in [0, 0.1) is 0 Å². The van der Waals surface area contributed by atoms with Gasteiger partial charge in [-0.1, -0.05) is 30.3 Å². The van der Waals surface area contributed by atoms with E-state index in [1.807, 2.05) is 30.3 Å². The van der Waals surface area contributed by atoms with E-state index in [2.05, 4.69) is 10.1 Å². The fourth-order valence-corrected chi connectivity index (χ4v) is 1.34. The Balaban J connectivity index is 1.97. The normalized spacial score (nSPS) is 10.2. The molecule has 0 fully saturated rings. The molecule has 1 N–H and O–H groups in total. The predicted octanol–water partition coefficient (Wildman–Crippen LogP) is 1.55. The highest BCUT2D eigenvalue weighted by molar-refractivity contribution is 5.82. The van der Waals surface area contributed by atoms with Gasteiger partial charge in [0.1, 0.15) is 0 Å². The molecule has 1 aromatic heterocycles. The molecule has 0 radical (unpaired) electrons. The van der Waals surface area contributed by atoms with Gasteiger partial charge in [-0.05, 0) is 17.1 Å². The average molecular weight is 218 g/mol. The summed E-state index contributed by atoms with van der Waals surface area (Å²) in [4.78, 5) is 14.3. The first-order valence-electron chi connectivity index (χ1n) is 4.85. The smallest absolute Gasteiger partial charge is 0.377 e. The first kappa shape index (κ1) is 10.4. The lowest BCUT2D eigenvalue weighted by Crippen LogP contribution is -1.99. The number of hydrogen-bond donors (Lipinski definition) is 1. The number of hydrogen-bond acceptors (Lipinski definition) is 4. The topological polar surface area (TPSA) is 76.2 Å². The van der Waals surface area contributed by atoms with Crippen molar-refractivity contribution in [3.8, 4) is 0 Å². The summed E-state index contributed by atoms with van der Waals surface area (Å²) in [6.07, 6.45) is 1.30. The molecule has 1 aromatic carbocycles. The van der Waals surface area contributed by atoms with Gasteiger partial charge in [0.05, 0.1) is 0 Å². The quantitative estimate of drug-likeness (QED) is 0.842. The van der Waals surface area contributed by atoms with Crippen molar-refractivity contribution in [1.29, 1.82) is 0 Å². The SMILES string of the molecule is O=C(O)c1noc(CCc2ccccc2)n1. The molecule has 0 unspecified atom stereocenters. The minimum Gasteiger partial charge on any atom is -0.475 e.